The molecule has 0 unspecified atom stereocenters. The van der Waals surface area contributed by atoms with Crippen LogP contribution in [0.2, 0.25) is 0 Å². The Bertz CT molecular complexity index is 473. The lowest BCUT2D eigenvalue weighted by molar-refractivity contribution is -0.123. The predicted molar refractivity (Wildman–Crippen MR) is 69.1 cm³/mol. The molecule has 0 radical (unpaired) electrons. The molecule has 1 spiro atoms. The third-order valence-corrected chi connectivity index (χ3v) is 4.85. The number of nitrogens with one attached hydrogen (secondary N) is 1. The van der Waals surface area contributed by atoms with Crippen LogP contribution in [0.5, 0.6) is 0 Å². The Kier molecular flexibility index (Phi) is 2.68. The summed E-state index contributed by atoms with van der Waals surface area (Å²) in [5, 5.41) is 3.07. The molecule has 4 heteroatoms. The number of imidazole rings is 1. The highest BCUT2D eigenvalue weighted by Gasteiger charge is 2.60. The van der Waals surface area contributed by atoms with Crippen LogP contribution in [0.1, 0.15) is 37.1 Å². The van der Waals surface area contributed by atoms with Crippen LogP contribution in [0.4, 0.5) is 0 Å². The summed E-state index contributed by atoms with van der Waals surface area (Å²) >= 11 is 0. The van der Waals surface area contributed by atoms with E-state index in [1.54, 1.807) is 0 Å². The first-order chi connectivity index (χ1) is 8.62. The first-order valence-corrected chi connectivity index (χ1v) is 6.88. The van der Waals surface area contributed by atoms with Gasteiger partial charge in [0.2, 0.25) is 5.91 Å². The van der Waals surface area contributed by atoms with Crippen LogP contribution in [0, 0.1) is 25.2 Å². The first kappa shape index (κ1) is 11.8. The summed E-state index contributed by atoms with van der Waals surface area (Å²) in [6, 6.07) is 0. The highest BCUT2D eigenvalue weighted by atomic mass is 16.2. The van der Waals surface area contributed by atoms with E-state index in [2.05, 4.69) is 21.8 Å². The predicted octanol–water partition coefficient (Wildman–Crippen LogP) is 1.81. The lowest BCUT2D eigenvalue weighted by Gasteiger charge is -2.26. The topological polar surface area (TPSA) is 46.9 Å². The second-order valence-corrected chi connectivity index (χ2v) is 5.87. The summed E-state index contributed by atoms with van der Waals surface area (Å²) in [6.07, 6.45) is 6.83. The number of carbonyl (C=O) groups excluding carboxylic acids is 1. The lowest BCUT2D eigenvalue weighted by atomic mass is 9.80. The number of rotatable bonds is 4. The van der Waals surface area contributed by atoms with Gasteiger partial charge in [0, 0.05) is 24.7 Å². The molecular weight excluding hydrogens is 226 g/mol. The average molecular weight is 247 g/mol. The third kappa shape index (κ3) is 1.84. The monoisotopic (exact) mass is 247 g/mol. The Morgan fingerprint density at radius 3 is 2.83 bits per heavy atom. The molecule has 1 aromatic heterocycles. The minimum Gasteiger partial charge on any atom is -0.354 e. The molecule has 2 fully saturated rings. The maximum atomic E-state index is 12.0. The van der Waals surface area contributed by atoms with Gasteiger partial charge in [-0.05, 0) is 38.5 Å². The van der Waals surface area contributed by atoms with Crippen molar-refractivity contribution in [1.82, 2.24) is 14.9 Å². The zero-order valence-electron chi connectivity index (χ0n) is 11.2. The van der Waals surface area contributed by atoms with Gasteiger partial charge in [0.15, 0.2) is 0 Å². The molecule has 0 saturated heterocycles. The van der Waals surface area contributed by atoms with Crippen LogP contribution < -0.4 is 5.32 Å². The van der Waals surface area contributed by atoms with E-state index in [-0.39, 0.29) is 5.91 Å². The van der Waals surface area contributed by atoms with Gasteiger partial charge in [-0.1, -0.05) is 6.42 Å². The number of carbonyl (C=O) groups is 1. The van der Waals surface area contributed by atoms with E-state index in [0.717, 1.165) is 18.7 Å². The molecule has 1 N–H and O–H groups in total. The van der Waals surface area contributed by atoms with Crippen molar-refractivity contribution in [2.45, 2.75) is 46.1 Å². The van der Waals surface area contributed by atoms with Gasteiger partial charge in [0.1, 0.15) is 0 Å². The zero-order valence-corrected chi connectivity index (χ0v) is 11.2. The number of aromatic nitrogens is 2. The van der Waals surface area contributed by atoms with Crippen LogP contribution >= 0.6 is 0 Å². The second-order valence-electron chi connectivity index (χ2n) is 5.87. The van der Waals surface area contributed by atoms with E-state index >= 15 is 0 Å². The minimum absolute atomic E-state index is 0.268. The summed E-state index contributed by atoms with van der Waals surface area (Å²) in [6.45, 7) is 5.60. The molecule has 1 amide bonds. The van der Waals surface area contributed by atoms with E-state index in [4.69, 9.17) is 0 Å². The number of amides is 1. The Labute approximate surface area is 108 Å². The Balaban J connectivity index is 1.45. The molecule has 0 aliphatic heterocycles. The number of hydrogen-bond acceptors (Lipinski definition) is 2. The van der Waals surface area contributed by atoms with E-state index in [1.807, 2.05) is 13.3 Å². The van der Waals surface area contributed by atoms with Crippen molar-refractivity contribution < 1.29 is 4.79 Å². The summed E-state index contributed by atoms with van der Waals surface area (Å²) in [5.74, 6) is 0.584. The first-order valence-electron chi connectivity index (χ1n) is 6.88. The van der Waals surface area contributed by atoms with Crippen LogP contribution in [0.25, 0.3) is 0 Å². The summed E-state index contributed by atoms with van der Waals surface area (Å²) in [4.78, 5) is 16.2. The molecule has 18 heavy (non-hydrogen) atoms. The standard InChI is InChI=1S/C14H21N3O/c1-10-11(2)17(9-16-10)7-6-15-13(18)12-8-14(12)4-3-5-14/h9,12H,3-8H2,1-2H3,(H,15,18)/t12-/m0/s1. The fourth-order valence-corrected chi connectivity index (χ4v) is 3.09. The van der Waals surface area contributed by atoms with Crippen LogP contribution in [-0.2, 0) is 11.3 Å². The van der Waals surface area contributed by atoms with Gasteiger partial charge in [0.05, 0.1) is 12.0 Å². The van der Waals surface area contributed by atoms with Gasteiger partial charge in [-0.25, -0.2) is 4.98 Å². The van der Waals surface area contributed by atoms with E-state index in [1.165, 1.54) is 25.0 Å². The van der Waals surface area contributed by atoms with Crippen molar-refractivity contribution in [3.05, 3.63) is 17.7 Å². The van der Waals surface area contributed by atoms with Gasteiger partial charge in [0.25, 0.3) is 0 Å². The molecular formula is C14H21N3O. The molecule has 2 aliphatic carbocycles. The Morgan fingerprint density at radius 2 is 2.33 bits per heavy atom. The number of aryl methyl sites for hydroxylation is 1. The van der Waals surface area contributed by atoms with Crippen molar-refractivity contribution in [2.75, 3.05) is 6.54 Å². The molecule has 3 rings (SSSR count). The maximum absolute atomic E-state index is 12.0. The fraction of sp³-hybridized carbons (Fsp3) is 0.714. The molecule has 1 aromatic rings. The number of hydrogen-bond donors (Lipinski definition) is 1. The van der Waals surface area contributed by atoms with E-state index in [9.17, 15) is 4.79 Å². The fourth-order valence-electron chi connectivity index (χ4n) is 3.09. The van der Waals surface area contributed by atoms with Crippen molar-refractivity contribution in [3.63, 3.8) is 0 Å². The average Bonchev–Trinajstić information content (AvgIpc) is 3.01. The largest absolute Gasteiger partial charge is 0.354 e. The molecule has 2 saturated carbocycles. The molecule has 98 valence electrons. The molecule has 1 atom stereocenters. The van der Waals surface area contributed by atoms with Gasteiger partial charge in [-0.2, -0.15) is 0 Å². The zero-order chi connectivity index (χ0) is 12.8. The SMILES string of the molecule is Cc1ncn(CCNC(=O)[C@@H]2CC23CCC3)c1C. The highest BCUT2D eigenvalue weighted by Crippen LogP contribution is 2.65. The van der Waals surface area contributed by atoms with Crippen LogP contribution in [0.3, 0.4) is 0 Å². The van der Waals surface area contributed by atoms with Crippen LogP contribution in [0.15, 0.2) is 6.33 Å². The maximum Gasteiger partial charge on any atom is 0.223 e. The van der Waals surface area contributed by atoms with Crippen molar-refractivity contribution in [3.8, 4) is 0 Å². The van der Waals surface area contributed by atoms with Crippen molar-refractivity contribution in [2.24, 2.45) is 11.3 Å². The highest BCUT2D eigenvalue weighted by molar-refractivity contribution is 5.82. The van der Waals surface area contributed by atoms with Crippen molar-refractivity contribution in [1.29, 1.82) is 0 Å². The summed E-state index contributed by atoms with van der Waals surface area (Å²) in [7, 11) is 0. The lowest BCUT2D eigenvalue weighted by Crippen LogP contribution is -2.31. The van der Waals surface area contributed by atoms with E-state index < -0.39 is 0 Å². The third-order valence-electron chi connectivity index (χ3n) is 4.85. The van der Waals surface area contributed by atoms with Gasteiger partial charge in [-0.15, -0.1) is 0 Å². The molecule has 0 aromatic carbocycles. The molecule has 2 aliphatic rings. The van der Waals surface area contributed by atoms with Gasteiger partial charge >= 0.3 is 0 Å². The second kappa shape index (κ2) is 4.11. The van der Waals surface area contributed by atoms with Gasteiger partial charge < -0.3 is 9.88 Å². The smallest absolute Gasteiger partial charge is 0.223 e. The molecule has 0 bridgehead atoms. The Hall–Kier alpha value is -1.32. The Morgan fingerprint density at radius 1 is 1.56 bits per heavy atom. The van der Waals surface area contributed by atoms with Crippen LogP contribution in [-0.4, -0.2) is 22.0 Å². The molecule has 1 heterocycles. The minimum atomic E-state index is 0.268. The summed E-state index contributed by atoms with van der Waals surface area (Å²) < 4.78 is 2.10. The normalized spacial score (nSPS) is 23.8. The number of nitrogens with zero attached hydrogens (tertiary/aromatic N) is 2. The summed E-state index contributed by atoms with van der Waals surface area (Å²) in [5.41, 5.74) is 2.69. The van der Waals surface area contributed by atoms with Gasteiger partial charge in [-0.3, -0.25) is 4.79 Å². The molecule has 4 nitrogen and oxygen atoms in total. The quantitative estimate of drug-likeness (QED) is 0.882. The van der Waals surface area contributed by atoms with Crippen molar-refractivity contribution >= 4 is 5.91 Å². The van der Waals surface area contributed by atoms with E-state index in [0.29, 0.717) is 17.9 Å².